The third-order valence-electron chi connectivity index (χ3n) is 4.68. The average Bonchev–Trinajstić information content (AvgIpc) is 3.13. The third-order valence-corrected chi connectivity index (χ3v) is 4.68. The topological polar surface area (TPSA) is 43.1 Å². The highest BCUT2D eigenvalue weighted by Gasteiger charge is 2.28. The molecule has 1 atom stereocenters. The van der Waals surface area contributed by atoms with Crippen LogP contribution in [0, 0.1) is 6.92 Å². The Morgan fingerprint density at radius 3 is 2.91 bits per heavy atom. The number of imidazole rings is 1. The van der Waals surface area contributed by atoms with Gasteiger partial charge in [0.15, 0.2) is 0 Å². The van der Waals surface area contributed by atoms with Crippen LogP contribution in [0.3, 0.4) is 0 Å². The molecule has 0 radical (unpaired) electrons. The van der Waals surface area contributed by atoms with E-state index >= 15 is 0 Å². The molecule has 1 aliphatic rings. The summed E-state index contributed by atoms with van der Waals surface area (Å²) in [6.45, 7) is 3.82. The molecular formula is C17H24N4O. The van der Waals surface area contributed by atoms with Crippen LogP contribution >= 0.6 is 0 Å². The first-order valence-corrected chi connectivity index (χ1v) is 8.07. The second kappa shape index (κ2) is 6.38. The number of hydrogen-bond donors (Lipinski definition) is 0. The summed E-state index contributed by atoms with van der Waals surface area (Å²) in [5.74, 6) is 1.20. The minimum atomic E-state index is 0.166. The van der Waals surface area contributed by atoms with Crippen LogP contribution in [0.2, 0.25) is 0 Å². The minimum Gasteiger partial charge on any atom is -0.347 e. The van der Waals surface area contributed by atoms with Gasteiger partial charge in [-0.3, -0.25) is 4.79 Å². The quantitative estimate of drug-likeness (QED) is 0.871. The van der Waals surface area contributed by atoms with Crippen molar-refractivity contribution in [3.8, 4) is 0 Å². The first-order valence-electron chi connectivity index (χ1n) is 8.07. The van der Waals surface area contributed by atoms with Gasteiger partial charge in [-0.05, 0) is 44.7 Å². The molecule has 118 valence electrons. The molecule has 1 aliphatic heterocycles. The Labute approximate surface area is 131 Å². The number of aromatic nitrogens is 3. The Bertz CT molecular complexity index is 643. The molecule has 0 saturated carbocycles. The van der Waals surface area contributed by atoms with Crippen LogP contribution in [0.5, 0.6) is 0 Å². The van der Waals surface area contributed by atoms with Crippen molar-refractivity contribution in [1.29, 1.82) is 0 Å². The predicted molar refractivity (Wildman–Crippen MR) is 85.7 cm³/mol. The zero-order valence-electron chi connectivity index (χ0n) is 13.4. The first-order chi connectivity index (χ1) is 10.7. The van der Waals surface area contributed by atoms with Gasteiger partial charge < -0.3 is 14.0 Å². The van der Waals surface area contributed by atoms with Crippen molar-refractivity contribution in [2.75, 3.05) is 6.54 Å². The molecule has 2 aromatic heterocycles. The SMILES string of the molecule is Cc1nccn1CC[C@H]1CCCCN1C(=O)c1cccn1C. The highest BCUT2D eigenvalue weighted by molar-refractivity contribution is 5.93. The molecule has 3 rings (SSSR count). The number of amides is 1. The van der Waals surface area contributed by atoms with Gasteiger partial charge in [-0.2, -0.15) is 0 Å². The molecule has 1 fully saturated rings. The summed E-state index contributed by atoms with van der Waals surface area (Å²) in [6, 6.07) is 4.17. The summed E-state index contributed by atoms with van der Waals surface area (Å²) in [6.07, 6.45) is 10.2. The molecule has 2 aromatic rings. The first kappa shape index (κ1) is 14.9. The van der Waals surface area contributed by atoms with Crippen molar-refractivity contribution in [2.24, 2.45) is 7.05 Å². The third kappa shape index (κ3) is 2.93. The maximum absolute atomic E-state index is 12.8. The molecule has 0 unspecified atom stereocenters. The van der Waals surface area contributed by atoms with E-state index in [9.17, 15) is 4.79 Å². The van der Waals surface area contributed by atoms with Crippen molar-refractivity contribution in [1.82, 2.24) is 19.0 Å². The molecule has 0 aromatic carbocycles. The van der Waals surface area contributed by atoms with Crippen LogP contribution in [0.1, 0.15) is 42.0 Å². The summed E-state index contributed by atoms with van der Waals surface area (Å²) < 4.78 is 4.08. The fourth-order valence-electron chi connectivity index (χ4n) is 3.33. The second-order valence-electron chi connectivity index (χ2n) is 6.11. The Hall–Kier alpha value is -2.04. The van der Waals surface area contributed by atoms with E-state index in [1.807, 2.05) is 49.3 Å². The summed E-state index contributed by atoms with van der Waals surface area (Å²) in [7, 11) is 1.93. The zero-order chi connectivity index (χ0) is 15.5. The van der Waals surface area contributed by atoms with E-state index in [-0.39, 0.29) is 5.91 Å². The van der Waals surface area contributed by atoms with Crippen molar-refractivity contribution in [3.05, 3.63) is 42.2 Å². The number of piperidine rings is 1. The molecule has 0 spiro atoms. The Kier molecular flexibility index (Phi) is 4.32. The van der Waals surface area contributed by atoms with Gasteiger partial charge in [0.1, 0.15) is 11.5 Å². The number of hydrogen-bond acceptors (Lipinski definition) is 2. The molecule has 22 heavy (non-hydrogen) atoms. The predicted octanol–water partition coefficient (Wildman–Crippen LogP) is 2.62. The Balaban J connectivity index is 1.70. The van der Waals surface area contributed by atoms with E-state index < -0.39 is 0 Å². The lowest BCUT2D eigenvalue weighted by Crippen LogP contribution is -2.44. The van der Waals surface area contributed by atoms with Crippen molar-refractivity contribution in [3.63, 3.8) is 0 Å². The summed E-state index contributed by atoms with van der Waals surface area (Å²) in [4.78, 5) is 19.1. The number of aryl methyl sites for hydroxylation is 3. The van der Waals surface area contributed by atoms with Crippen LogP contribution in [0.25, 0.3) is 0 Å². The van der Waals surface area contributed by atoms with Gasteiger partial charge in [0.05, 0.1) is 0 Å². The lowest BCUT2D eigenvalue weighted by molar-refractivity contribution is 0.0585. The van der Waals surface area contributed by atoms with Gasteiger partial charge in [0.2, 0.25) is 0 Å². The van der Waals surface area contributed by atoms with Gasteiger partial charge in [-0.25, -0.2) is 4.98 Å². The molecule has 0 N–H and O–H groups in total. The summed E-state index contributed by atoms with van der Waals surface area (Å²) >= 11 is 0. The van der Waals surface area contributed by atoms with Crippen LogP contribution < -0.4 is 0 Å². The molecule has 3 heterocycles. The minimum absolute atomic E-state index is 0.166. The number of rotatable bonds is 4. The van der Waals surface area contributed by atoms with Crippen LogP contribution in [0.15, 0.2) is 30.7 Å². The number of carbonyl (C=O) groups is 1. The van der Waals surface area contributed by atoms with Gasteiger partial charge in [0, 0.05) is 44.8 Å². The maximum atomic E-state index is 12.8. The largest absolute Gasteiger partial charge is 0.347 e. The molecule has 1 saturated heterocycles. The van der Waals surface area contributed by atoms with Crippen LogP contribution in [-0.2, 0) is 13.6 Å². The van der Waals surface area contributed by atoms with Crippen LogP contribution in [-0.4, -0.2) is 37.5 Å². The van der Waals surface area contributed by atoms with Crippen molar-refractivity contribution < 1.29 is 4.79 Å². The molecular weight excluding hydrogens is 276 g/mol. The fraction of sp³-hybridized carbons (Fsp3) is 0.529. The normalized spacial score (nSPS) is 18.6. The van der Waals surface area contributed by atoms with E-state index in [2.05, 4.69) is 14.5 Å². The Morgan fingerprint density at radius 1 is 1.36 bits per heavy atom. The van der Waals surface area contributed by atoms with Gasteiger partial charge in [0.25, 0.3) is 5.91 Å². The lowest BCUT2D eigenvalue weighted by atomic mass is 9.98. The number of nitrogens with zero attached hydrogens (tertiary/aromatic N) is 4. The van der Waals surface area contributed by atoms with E-state index in [0.29, 0.717) is 6.04 Å². The standard InChI is InChI=1S/C17H24N4O/c1-14-18-9-13-20(14)12-8-15-6-3-4-11-21(15)17(22)16-7-5-10-19(16)2/h5,7,9-10,13,15H,3-4,6,8,11-12H2,1-2H3/t15-/m1/s1. The van der Waals surface area contributed by atoms with E-state index in [1.54, 1.807) is 0 Å². The van der Waals surface area contributed by atoms with Crippen molar-refractivity contribution >= 4 is 5.91 Å². The average molecular weight is 300 g/mol. The molecule has 1 amide bonds. The fourth-order valence-corrected chi connectivity index (χ4v) is 3.33. The monoisotopic (exact) mass is 300 g/mol. The van der Waals surface area contributed by atoms with Crippen molar-refractivity contribution in [2.45, 2.75) is 45.2 Å². The molecule has 5 nitrogen and oxygen atoms in total. The smallest absolute Gasteiger partial charge is 0.270 e. The number of carbonyl (C=O) groups excluding carboxylic acids is 1. The summed E-state index contributed by atoms with van der Waals surface area (Å²) in [5.41, 5.74) is 0.783. The van der Waals surface area contributed by atoms with E-state index in [4.69, 9.17) is 0 Å². The highest BCUT2D eigenvalue weighted by atomic mass is 16.2. The maximum Gasteiger partial charge on any atom is 0.270 e. The Morgan fingerprint density at radius 2 is 2.23 bits per heavy atom. The highest BCUT2D eigenvalue weighted by Crippen LogP contribution is 2.22. The number of likely N-dealkylation sites (tertiary alicyclic amines) is 1. The molecule has 5 heteroatoms. The zero-order valence-corrected chi connectivity index (χ0v) is 13.4. The van der Waals surface area contributed by atoms with E-state index in [1.165, 1.54) is 6.42 Å². The van der Waals surface area contributed by atoms with Gasteiger partial charge in [-0.1, -0.05) is 0 Å². The summed E-state index contributed by atoms with van der Waals surface area (Å²) in [5, 5.41) is 0. The van der Waals surface area contributed by atoms with Crippen LogP contribution in [0.4, 0.5) is 0 Å². The van der Waals surface area contributed by atoms with E-state index in [0.717, 1.165) is 43.9 Å². The lowest BCUT2D eigenvalue weighted by Gasteiger charge is -2.36. The van der Waals surface area contributed by atoms with Gasteiger partial charge >= 0.3 is 0 Å². The molecule has 0 aliphatic carbocycles. The molecule has 0 bridgehead atoms. The van der Waals surface area contributed by atoms with Gasteiger partial charge in [-0.15, -0.1) is 0 Å². The second-order valence-corrected chi connectivity index (χ2v) is 6.11.